The minimum atomic E-state index is -0.721. The van der Waals surface area contributed by atoms with Gasteiger partial charge in [-0.1, -0.05) is 12.2 Å². The lowest BCUT2D eigenvalue weighted by Gasteiger charge is -2.12. The van der Waals surface area contributed by atoms with E-state index in [0.717, 1.165) is 18.7 Å². The molecule has 0 aliphatic heterocycles. The van der Waals surface area contributed by atoms with Gasteiger partial charge in [0.25, 0.3) is 0 Å². The molecule has 0 saturated heterocycles. The molecule has 0 heterocycles. The van der Waals surface area contributed by atoms with Crippen LogP contribution in [0.3, 0.4) is 0 Å². The predicted molar refractivity (Wildman–Crippen MR) is 80.1 cm³/mol. The Morgan fingerprint density at radius 1 is 1.30 bits per heavy atom. The summed E-state index contributed by atoms with van der Waals surface area (Å²) in [6.45, 7) is 2.04. The van der Waals surface area contributed by atoms with Gasteiger partial charge >= 0.3 is 0 Å². The minimum Gasteiger partial charge on any atom is -0.389 e. The molecule has 0 aliphatic rings. The van der Waals surface area contributed by atoms with E-state index in [-0.39, 0.29) is 16.2 Å². The highest BCUT2D eigenvalue weighted by Crippen LogP contribution is 2.20. The van der Waals surface area contributed by atoms with Crippen LogP contribution >= 0.6 is 12.2 Å². The molecular weight excluding hydrogens is 284 g/mol. The SMILES string of the molecule is CN(C)CCOCCNc1c(F)cc(C(N)=S)cc1F. The molecule has 0 unspecified atom stereocenters. The molecule has 0 radical (unpaired) electrons. The zero-order valence-corrected chi connectivity index (χ0v) is 12.4. The Hall–Kier alpha value is -1.31. The van der Waals surface area contributed by atoms with Gasteiger partial charge < -0.3 is 20.7 Å². The molecule has 0 fully saturated rings. The number of benzene rings is 1. The topological polar surface area (TPSA) is 50.5 Å². The van der Waals surface area contributed by atoms with E-state index in [2.05, 4.69) is 17.5 Å². The summed E-state index contributed by atoms with van der Waals surface area (Å²) < 4.78 is 32.7. The molecule has 1 rings (SSSR count). The van der Waals surface area contributed by atoms with Crippen LogP contribution in [0.1, 0.15) is 5.56 Å². The number of nitrogens with two attached hydrogens (primary N) is 1. The Morgan fingerprint density at radius 3 is 2.40 bits per heavy atom. The summed E-state index contributed by atoms with van der Waals surface area (Å²) in [7, 11) is 3.88. The van der Waals surface area contributed by atoms with Crippen molar-refractivity contribution < 1.29 is 13.5 Å². The number of nitrogens with one attached hydrogen (secondary N) is 1. The first-order valence-corrected chi connectivity index (χ1v) is 6.58. The van der Waals surface area contributed by atoms with Crippen LogP contribution < -0.4 is 11.1 Å². The van der Waals surface area contributed by atoms with Crippen LogP contribution in [0.5, 0.6) is 0 Å². The third-order valence-corrected chi connectivity index (χ3v) is 2.79. The van der Waals surface area contributed by atoms with E-state index in [9.17, 15) is 8.78 Å². The third-order valence-electron chi connectivity index (χ3n) is 2.56. The van der Waals surface area contributed by atoms with Crippen LogP contribution in [0.2, 0.25) is 0 Å². The van der Waals surface area contributed by atoms with Crippen molar-refractivity contribution in [2.75, 3.05) is 45.7 Å². The largest absolute Gasteiger partial charge is 0.389 e. The number of hydrogen-bond acceptors (Lipinski definition) is 4. The summed E-state index contributed by atoms with van der Waals surface area (Å²) >= 11 is 4.68. The lowest BCUT2D eigenvalue weighted by molar-refractivity contribution is 0.126. The number of hydrogen-bond donors (Lipinski definition) is 2. The molecule has 4 nitrogen and oxygen atoms in total. The van der Waals surface area contributed by atoms with Crippen molar-refractivity contribution in [1.29, 1.82) is 0 Å². The summed E-state index contributed by atoms with van der Waals surface area (Å²) in [5.41, 5.74) is 5.31. The molecule has 1 aromatic rings. The maximum Gasteiger partial charge on any atom is 0.150 e. The Kier molecular flexibility index (Phi) is 6.77. The summed E-state index contributed by atoms with van der Waals surface area (Å²) in [4.78, 5) is 1.95. The molecule has 20 heavy (non-hydrogen) atoms. The number of nitrogens with zero attached hydrogens (tertiary/aromatic N) is 1. The first-order chi connectivity index (χ1) is 9.41. The van der Waals surface area contributed by atoms with Gasteiger partial charge in [0, 0.05) is 18.7 Å². The molecule has 7 heteroatoms. The highest BCUT2D eigenvalue weighted by Gasteiger charge is 2.11. The molecule has 3 N–H and O–H groups in total. The zero-order chi connectivity index (χ0) is 15.1. The fraction of sp³-hybridized carbons (Fsp3) is 0.462. The monoisotopic (exact) mass is 303 g/mol. The fourth-order valence-electron chi connectivity index (χ4n) is 1.48. The number of anilines is 1. The van der Waals surface area contributed by atoms with Crippen LogP contribution in [0.15, 0.2) is 12.1 Å². The van der Waals surface area contributed by atoms with E-state index >= 15 is 0 Å². The second-order valence-electron chi connectivity index (χ2n) is 4.52. The first kappa shape index (κ1) is 16.7. The zero-order valence-electron chi connectivity index (χ0n) is 11.6. The average molecular weight is 303 g/mol. The van der Waals surface area contributed by atoms with E-state index in [0.29, 0.717) is 19.8 Å². The van der Waals surface area contributed by atoms with Gasteiger partial charge in [-0.15, -0.1) is 0 Å². The van der Waals surface area contributed by atoms with Gasteiger partial charge in [-0.2, -0.15) is 0 Å². The number of halogens is 2. The smallest absolute Gasteiger partial charge is 0.150 e. The molecule has 0 saturated carbocycles. The Balaban J connectivity index is 2.46. The molecule has 0 aromatic heterocycles. The van der Waals surface area contributed by atoms with Crippen LogP contribution in [-0.2, 0) is 4.74 Å². The van der Waals surface area contributed by atoms with Crippen molar-refractivity contribution in [3.8, 4) is 0 Å². The summed E-state index contributed by atoms with van der Waals surface area (Å²) in [5, 5.41) is 2.66. The fourth-order valence-corrected chi connectivity index (χ4v) is 1.60. The van der Waals surface area contributed by atoms with Crippen molar-refractivity contribution >= 4 is 22.9 Å². The minimum absolute atomic E-state index is 0.0404. The Morgan fingerprint density at radius 2 is 1.90 bits per heavy atom. The van der Waals surface area contributed by atoms with Crippen LogP contribution in [0.4, 0.5) is 14.5 Å². The maximum absolute atomic E-state index is 13.7. The van der Waals surface area contributed by atoms with Crippen LogP contribution in [0, 0.1) is 11.6 Å². The quantitative estimate of drug-likeness (QED) is 0.564. The van der Waals surface area contributed by atoms with Crippen molar-refractivity contribution in [2.24, 2.45) is 5.73 Å². The lowest BCUT2D eigenvalue weighted by Crippen LogP contribution is -2.20. The third kappa shape index (κ3) is 5.36. The normalized spacial score (nSPS) is 10.8. The van der Waals surface area contributed by atoms with Gasteiger partial charge in [0.2, 0.25) is 0 Å². The molecular formula is C13H19F2N3OS. The Labute approximate surface area is 122 Å². The molecule has 0 spiro atoms. The van der Waals surface area contributed by atoms with E-state index in [1.807, 2.05) is 19.0 Å². The second kappa shape index (κ2) is 8.08. The van der Waals surface area contributed by atoms with Gasteiger partial charge in [0.1, 0.15) is 22.3 Å². The van der Waals surface area contributed by atoms with Crippen molar-refractivity contribution in [2.45, 2.75) is 0 Å². The number of likely N-dealkylation sites (N-methyl/N-ethyl adjacent to an activating group) is 1. The van der Waals surface area contributed by atoms with Crippen LogP contribution in [0.25, 0.3) is 0 Å². The van der Waals surface area contributed by atoms with Crippen molar-refractivity contribution in [3.05, 3.63) is 29.3 Å². The highest BCUT2D eigenvalue weighted by atomic mass is 32.1. The Bertz CT molecular complexity index is 446. The highest BCUT2D eigenvalue weighted by molar-refractivity contribution is 7.80. The van der Waals surface area contributed by atoms with Crippen molar-refractivity contribution in [1.82, 2.24) is 4.90 Å². The molecule has 0 bridgehead atoms. The number of thiocarbonyl (C=S) groups is 1. The van der Waals surface area contributed by atoms with Gasteiger partial charge in [0.15, 0.2) is 0 Å². The van der Waals surface area contributed by atoms with E-state index in [4.69, 9.17) is 10.5 Å². The predicted octanol–water partition coefficient (Wildman–Crippen LogP) is 1.59. The number of ether oxygens (including phenoxy) is 1. The standard InChI is InChI=1S/C13H19F2N3OS/c1-18(2)4-6-19-5-3-17-12-10(14)7-9(13(16)20)8-11(12)15/h7-8,17H,3-6H2,1-2H3,(H2,16,20). The second-order valence-corrected chi connectivity index (χ2v) is 4.96. The van der Waals surface area contributed by atoms with E-state index < -0.39 is 11.6 Å². The first-order valence-electron chi connectivity index (χ1n) is 6.17. The summed E-state index contributed by atoms with van der Waals surface area (Å²) in [5.74, 6) is -1.44. The van der Waals surface area contributed by atoms with E-state index in [1.54, 1.807) is 0 Å². The van der Waals surface area contributed by atoms with Gasteiger partial charge in [-0.25, -0.2) is 8.78 Å². The molecule has 1 aromatic carbocycles. The van der Waals surface area contributed by atoms with Gasteiger partial charge in [-0.3, -0.25) is 0 Å². The molecule has 112 valence electrons. The average Bonchev–Trinajstić information content (AvgIpc) is 2.35. The molecule has 0 aliphatic carbocycles. The lowest BCUT2D eigenvalue weighted by atomic mass is 10.2. The summed E-state index contributed by atoms with van der Waals surface area (Å²) in [6, 6.07) is 2.22. The molecule has 0 atom stereocenters. The van der Waals surface area contributed by atoms with E-state index in [1.165, 1.54) is 0 Å². The van der Waals surface area contributed by atoms with Crippen molar-refractivity contribution in [3.63, 3.8) is 0 Å². The summed E-state index contributed by atoms with van der Waals surface area (Å²) in [6.07, 6.45) is 0. The van der Waals surface area contributed by atoms with Crippen LogP contribution in [-0.4, -0.2) is 50.3 Å². The number of rotatable bonds is 8. The molecule has 0 amide bonds. The maximum atomic E-state index is 13.7. The van der Waals surface area contributed by atoms with Gasteiger partial charge in [0.05, 0.1) is 13.2 Å². The van der Waals surface area contributed by atoms with Gasteiger partial charge in [-0.05, 0) is 26.2 Å².